The number of anilines is 2. The molecule has 1 unspecified atom stereocenters. The molecule has 0 aliphatic carbocycles. The van der Waals surface area contributed by atoms with Gasteiger partial charge in [-0.3, -0.25) is 4.79 Å². The normalized spacial score (nSPS) is 17.8. The average molecular weight is 471 g/mol. The number of ether oxygens (including phenoxy) is 1. The molecule has 1 aromatic heterocycles. The Labute approximate surface area is 196 Å². The Bertz CT molecular complexity index is 1280. The van der Waals surface area contributed by atoms with E-state index >= 15 is 0 Å². The van der Waals surface area contributed by atoms with Crippen LogP contribution in [0.2, 0.25) is 0 Å². The van der Waals surface area contributed by atoms with Gasteiger partial charge in [0.15, 0.2) is 11.3 Å². The van der Waals surface area contributed by atoms with Crippen LogP contribution in [0.25, 0.3) is 16.7 Å². The molecule has 1 aliphatic rings. The fourth-order valence-electron chi connectivity index (χ4n) is 4.25. The van der Waals surface area contributed by atoms with Gasteiger partial charge in [-0.05, 0) is 51.1 Å². The van der Waals surface area contributed by atoms with Crippen LogP contribution in [0, 0.1) is 11.6 Å². The fourth-order valence-corrected chi connectivity index (χ4v) is 4.25. The van der Waals surface area contributed by atoms with Crippen molar-refractivity contribution in [2.75, 3.05) is 36.5 Å². The van der Waals surface area contributed by atoms with E-state index < -0.39 is 17.7 Å². The second-order valence-corrected chi connectivity index (χ2v) is 8.61. The molecular weight excluding hydrogens is 442 g/mol. The molecule has 0 spiro atoms. The molecule has 6 nitrogen and oxygen atoms in total. The van der Waals surface area contributed by atoms with Gasteiger partial charge in [0.25, 0.3) is 0 Å². The lowest BCUT2D eigenvalue weighted by atomic mass is 9.98. The molecule has 34 heavy (non-hydrogen) atoms. The average Bonchev–Trinajstić information content (AvgIpc) is 2.81. The standard InChI is InChI=1S/C26H28F2N2O4/c1-5-23(31)17-8-21(16(3)29(4)20-11-18(27)10-19(28)12-20)26-22(9-17)24(32)13-25(34-26)30-6-7-33-15(2)14-30/h5,8-13,15-16,31H,6-7,14H2,1-4H3/t15-,16?/m1/s1. The molecule has 2 aromatic carbocycles. The van der Waals surface area contributed by atoms with Gasteiger partial charge in [0, 0.05) is 49.1 Å². The highest BCUT2D eigenvalue weighted by Gasteiger charge is 2.24. The van der Waals surface area contributed by atoms with Crippen LogP contribution < -0.4 is 15.2 Å². The number of benzene rings is 2. The Hall–Kier alpha value is -3.39. The highest BCUT2D eigenvalue weighted by Crippen LogP contribution is 2.34. The predicted octanol–water partition coefficient (Wildman–Crippen LogP) is 5.41. The first-order valence-electron chi connectivity index (χ1n) is 11.2. The van der Waals surface area contributed by atoms with Crippen molar-refractivity contribution in [3.63, 3.8) is 0 Å². The smallest absolute Gasteiger partial charge is 0.200 e. The number of fused-ring (bicyclic) bond motifs is 1. The number of aliphatic hydroxyl groups is 1. The Kier molecular flexibility index (Phi) is 6.61. The maximum Gasteiger partial charge on any atom is 0.200 e. The van der Waals surface area contributed by atoms with E-state index in [0.29, 0.717) is 53.4 Å². The van der Waals surface area contributed by atoms with E-state index in [1.165, 1.54) is 24.3 Å². The summed E-state index contributed by atoms with van der Waals surface area (Å²) in [6.45, 7) is 7.18. The molecule has 1 aliphatic heterocycles. The molecule has 3 aromatic rings. The molecule has 1 N–H and O–H groups in total. The van der Waals surface area contributed by atoms with Crippen LogP contribution >= 0.6 is 0 Å². The zero-order valence-electron chi connectivity index (χ0n) is 19.6. The van der Waals surface area contributed by atoms with Crippen molar-refractivity contribution in [2.45, 2.75) is 32.9 Å². The number of halogens is 2. The van der Waals surface area contributed by atoms with Crippen LogP contribution in [0.4, 0.5) is 20.4 Å². The van der Waals surface area contributed by atoms with Crippen LogP contribution in [0.15, 0.2) is 51.7 Å². The first-order chi connectivity index (χ1) is 16.2. The minimum absolute atomic E-state index is 0.00355. The van der Waals surface area contributed by atoms with Gasteiger partial charge in [-0.1, -0.05) is 0 Å². The largest absolute Gasteiger partial charge is 0.508 e. The van der Waals surface area contributed by atoms with Gasteiger partial charge in [-0.2, -0.15) is 0 Å². The Morgan fingerprint density at radius 2 is 1.91 bits per heavy atom. The number of hydrogen-bond donors (Lipinski definition) is 1. The number of aliphatic hydroxyl groups excluding tert-OH is 1. The molecule has 8 heteroatoms. The highest BCUT2D eigenvalue weighted by atomic mass is 19.1. The van der Waals surface area contributed by atoms with Crippen LogP contribution in [0.3, 0.4) is 0 Å². The predicted molar refractivity (Wildman–Crippen MR) is 130 cm³/mol. The highest BCUT2D eigenvalue weighted by molar-refractivity contribution is 5.85. The summed E-state index contributed by atoms with van der Waals surface area (Å²) in [5, 5.41) is 10.7. The van der Waals surface area contributed by atoms with Crippen molar-refractivity contribution in [1.82, 2.24) is 0 Å². The quantitative estimate of drug-likeness (QED) is 0.503. The van der Waals surface area contributed by atoms with Crippen molar-refractivity contribution in [3.05, 3.63) is 75.5 Å². The minimum Gasteiger partial charge on any atom is -0.508 e. The van der Waals surface area contributed by atoms with E-state index in [1.54, 1.807) is 31.0 Å². The Morgan fingerprint density at radius 1 is 1.21 bits per heavy atom. The first-order valence-corrected chi connectivity index (χ1v) is 11.2. The number of rotatable bonds is 5. The Balaban J connectivity index is 1.89. The third-order valence-electron chi connectivity index (χ3n) is 6.25. The number of allylic oxidation sites excluding steroid dienone is 1. The molecule has 0 amide bonds. The molecule has 0 radical (unpaired) electrons. The van der Waals surface area contributed by atoms with E-state index in [-0.39, 0.29) is 17.3 Å². The molecule has 4 rings (SSSR count). The monoisotopic (exact) mass is 470 g/mol. The Morgan fingerprint density at radius 3 is 2.56 bits per heavy atom. The van der Waals surface area contributed by atoms with Crippen molar-refractivity contribution >= 4 is 28.3 Å². The van der Waals surface area contributed by atoms with Crippen molar-refractivity contribution < 1.29 is 23.0 Å². The lowest BCUT2D eigenvalue weighted by Crippen LogP contribution is -2.41. The molecule has 2 atom stereocenters. The van der Waals surface area contributed by atoms with Gasteiger partial charge < -0.3 is 24.1 Å². The van der Waals surface area contributed by atoms with E-state index in [1.807, 2.05) is 18.7 Å². The summed E-state index contributed by atoms with van der Waals surface area (Å²) in [6.07, 6.45) is 1.53. The lowest BCUT2D eigenvalue weighted by molar-refractivity contribution is 0.0517. The SMILES string of the molecule is CC=C(O)c1cc(C(C)N(C)c2cc(F)cc(F)c2)c2oc(N3CCO[C@H](C)C3)cc(=O)c2c1. The van der Waals surface area contributed by atoms with E-state index in [9.17, 15) is 18.7 Å². The van der Waals surface area contributed by atoms with Crippen molar-refractivity contribution in [1.29, 1.82) is 0 Å². The minimum atomic E-state index is -0.686. The molecule has 1 fully saturated rings. The van der Waals surface area contributed by atoms with Gasteiger partial charge in [-0.15, -0.1) is 0 Å². The first kappa shape index (κ1) is 23.8. The summed E-state index contributed by atoms with van der Waals surface area (Å²) in [5.41, 5.74) is 1.52. The number of hydrogen-bond acceptors (Lipinski definition) is 6. The second kappa shape index (κ2) is 9.46. The topological polar surface area (TPSA) is 66.2 Å². The summed E-state index contributed by atoms with van der Waals surface area (Å²) < 4.78 is 39.6. The van der Waals surface area contributed by atoms with Gasteiger partial charge in [0.05, 0.1) is 24.1 Å². The van der Waals surface area contributed by atoms with Crippen LogP contribution in [0.5, 0.6) is 0 Å². The second-order valence-electron chi connectivity index (χ2n) is 8.61. The molecule has 0 bridgehead atoms. The summed E-state index contributed by atoms with van der Waals surface area (Å²) in [6, 6.07) is 7.64. The summed E-state index contributed by atoms with van der Waals surface area (Å²) in [4.78, 5) is 16.8. The molecule has 1 saturated heterocycles. The molecule has 180 valence electrons. The maximum atomic E-state index is 13.9. The summed E-state index contributed by atoms with van der Waals surface area (Å²) in [5.74, 6) is -0.923. The van der Waals surface area contributed by atoms with Gasteiger partial charge in [-0.25, -0.2) is 8.78 Å². The maximum absolute atomic E-state index is 13.9. The summed E-state index contributed by atoms with van der Waals surface area (Å²) >= 11 is 0. The molecule has 0 saturated carbocycles. The fraction of sp³-hybridized carbons (Fsp3) is 0.346. The zero-order valence-corrected chi connectivity index (χ0v) is 19.6. The van der Waals surface area contributed by atoms with Crippen LogP contribution in [-0.4, -0.2) is 38.0 Å². The van der Waals surface area contributed by atoms with E-state index in [4.69, 9.17) is 9.15 Å². The zero-order chi connectivity index (χ0) is 24.6. The van der Waals surface area contributed by atoms with Gasteiger partial charge >= 0.3 is 0 Å². The van der Waals surface area contributed by atoms with Gasteiger partial charge in [0.1, 0.15) is 23.0 Å². The molecular formula is C26H28F2N2O4. The third kappa shape index (κ3) is 4.63. The third-order valence-corrected chi connectivity index (χ3v) is 6.25. The van der Waals surface area contributed by atoms with Crippen LogP contribution in [0.1, 0.15) is 37.9 Å². The summed E-state index contributed by atoms with van der Waals surface area (Å²) in [7, 11) is 1.71. The van der Waals surface area contributed by atoms with Gasteiger partial charge in [0.2, 0.25) is 0 Å². The van der Waals surface area contributed by atoms with Crippen LogP contribution in [-0.2, 0) is 4.74 Å². The number of morpholine rings is 1. The van der Waals surface area contributed by atoms with Crippen molar-refractivity contribution in [2.24, 2.45) is 0 Å². The van der Waals surface area contributed by atoms with E-state index in [2.05, 4.69) is 0 Å². The molecule has 2 heterocycles. The van der Waals surface area contributed by atoms with Crippen molar-refractivity contribution in [3.8, 4) is 0 Å². The lowest BCUT2D eigenvalue weighted by Gasteiger charge is -2.32. The van der Waals surface area contributed by atoms with E-state index in [0.717, 1.165) is 6.07 Å². The number of nitrogens with zero attached hydrogens (tertiary/aromatic N) is 2.